The van der Waals surface area contributed by atoms with E-state index in [1.807, 2.05) is 29.2 Å². The predicted octanol–water partition coefficient (Wildman–Crippen LogP) is 2.21. The minimum absolute atomic E-state index is 0. The van der Waals surface area contributed by atoms with Crippen molar-refractivity contribution < 1.29 is 14.3 Å². The summed E-state index contributed by atoms with van der Waals surface area (Å²) in [4.78, 5) is 29.2. The Balaban J connectivity index is 0.00000243. The Morgan fingerprint density at radius 3 is 2.69 bits per heavy atom. The van der Waals surface area contributed by atoms with E-state index in [1.54, 1.807) is 11.8 Å². The molecule has 1 fully saturated rings. The summed E-state index contributed by atoms with van der Waals surface area (Å²) >= 11 is 0. The van der Waals surface area contributed by atoms with E-state index in [2.05, 4.69) is 12.2 Å². The topological polar surface area (TPSA) is 61.9 Å². The van der Waals surface area contributed by atoms with E-state index < -0.39 is 6.10 Å². The van der Waals surface area contributed by atoms with Crippen LogP contribution in [0.25, 0.3) is 0 Å². The molecule has 2 aliphatic heterocycles. The van der Waals surface area contributed by atoms with Crippen molar-refractivity contribution in [1.82, 2.24) is 10.2 Å². The van der Waals surface area contributed by atoms with Crippen LogP contribution in [0.4, 0.5) is 5.69 Å². The van der Waals surface area contributed by atoms with Gasteiger partial charge in [0.25, 0.3) is 5.91 Å². The van der Waals surface area contributed by atoms with Crippen LogP contribution in [0.15, 0.2) is 24.3 Å². The van der Waals surface area contributed by atoms with Crippen molar-refractivity contribution in [3.8, 4) is 5.75 Å². The summed E-state index contributed by atoms with van der Waals surface area (Å²) in [5, 5.41) is 3.34. The number of nitrogens with zero attached hydrogens (tertiary/aromatic N) is 2. The van der Waals surface area contributed by atoms with Crippen LogP contribution in [0, 0.1) is 0 Å². The Hall–Kier alpha value is -1.79. The first-order valence-electron chi connectivity index (χ1n) is 9.19. The van der Waals surface area contributed by atoms with E-state index in [0.29, 0.717) is 11.4 Å². The molecule has 3 rings (SSSR count). The number of rotatable bonds is 5. The molecule has 1 saturated heterocycles. The maximum Gasteiger partial charge on any atom is 0.268 e. The van der Waals surface area contributed by atoms with Crippen LogP contribution in [0.5, 0.6) is 5.75 Å². The Labute approximate surface area is 161 Å². The van der Waals surface area contributed by atoms with Crippen molar-refractivity contribution in [2.24, 2.45) is 0 Å². The highest BCUT2D eigenvalue weighted by Crippen LogP contribution is 2.33. The molecule has 0 radical (unpaired) electrons. The molecule has 1 aromatic carbocycles. The fourth-order valence-corrected chi connectivity index (χ4v) is 3.62. The molecular weight excluding hydrogens is 354 g/mol. The number of anilines is 1. The number of hydrogen-bond donors (Lipinski definition) is 1. The second-order valence-corrected chi connectivity index (χ2v) is 6.72. The largest absolute Gasteiger partial charge is 0.479 e. The minimum atomic E-state index is -0.568. The maximum atomic E-state index is 13.0. The number of hydrogen-bond acceptors (Lipinski definition) is 4. The van der Waals surface area contributed by atoms with Crippen LogP contribution in [0.1, 0.15) is 33.1 Å². The Kier molecular flexibility index (Phi) is 7.29. The van der Waals surface area contributed by atoms with Crippen LogP contribution in [0.3, 0.4) is 0 Å². The van der Waals surface area contributed by atoms with Crippen molar-refractivity contribution in [2.45, 2.75) is 45.3 Å². The predicted molar refractivity (Wildman–Crippen MR) is 104 cm³/mol. The molecule has 0 spiro atoms. The number of halogens is 1. The molecular formula is C19H28ClN3O3. The van der Waals surface area contributed by atoms with Gasteiger partial charge in [-0.3, -0.25) is 14.5 Å². The molecule has 0 bridgehead atoms. The quantitative estimate of drug-likeness (QED) is 0.849. The second kappa shape index (κ2) is 9.24. The van der Waals surface area contributed by atoms with Crippen LogP contribution in [0.2, 0.25) is 0 Å². The van der Waals surface area contributed by atoms with Gasteiger partial charge in [0.05, 0.1) is 5.69 Å². The van der Waals surface area contributed by atoms with Gasteiger partial charge in [0.15, 0.2) is 6.10 Å². The van der Waals surface area contributed by atoms with E-state index in [4.69, 9.17) is 4.74 Å². The summed E-state index contributed by atoms with van der Waals surface area (Å²) in [7, 11) is 0. The molecule has 144 valence electrons. The zero-order valence-electron chi connectivity index (χ0n) is 15.4. The molecule has 6 nitrogen and oxygen atoms in total. The Morgan fingerprint density at radius 1 is 1.31 bits per heavy atom. The molecule has 1 N–H and O–H groups in total. The SMILES string of the molecule is CCCN(C(=O)CN1C(=O)C(C)Oc2ccccc21)C1CCNCC1.Cl. The van der Waals surface area contributed by atoms with Gasteiger partial charge in [0.2, 0.25) is 5.91 Å². The lowest BCUT2D eigenvalue weighted by atomic mass is 10.0. The van der Waals surface area contributed by atoms with Crippen molar-refractivity contribution in [1.29, 1.82) is 0 Å². The lowest BCUT2D eigenvalue weighted by Gasteiger charge is -2.37. The van der Waals surface area contributed by atoms with Crippen molar-refractivity contribution in [3.05, 3.63) is 24.3 Å². The van der Waals surface area contributed by atoms with Crippen LogP contribution < -0.4 is 15.0 Å². The summed E-state index contributed by atoms with van der Waals surface area (Å²) in [5.41, 5.74) is 0.681. The van der Waals surface area contributed by atoms with Crippen molar-refractivity contribution in [2.75, 3.05) is 31.1 Å². The first-order chi connectivity index (χ1) is 12.1. The molecule has 0 saturated carbocycles. The molecule has 0 aromatic heterocycles. The average molecular weight is 382 g/mol. The van der Waals surface area contributed by atoms with Gasteiger partial charge in [-0.2, -0.15) is 0 Å². The van der Waals surface area contributed by atoms with Gasteiger partial charge in [-0.1, -0.05) is 19.1 Å². The standard InChI is InChI=1S/C19H27N3O3.ClH/c1-3-12-21(15-8-10-20-11-9-15)18(23)13-22-16-6-4-5-7-17(16)25-14(2)19(22)24;/h4-7,14-15,20H,3,8-13H2,1-2H3;1H. The molecule has 26 heavy (non-hydrogen) atoms. The lowest BCUT2D eigenvalue weighted by Crippen LogP contribution is -2.53. The van der Waals surface area contributed by atoms with Gasteiger partial charge in [0, 0.05) is 12.6 Å². The van der Waals surface area contributed by atoms with Crippen LogP contribution >= 0.6 is 12.4 Å². The van der Waals surface area contributed by atoms with Gasteiger partial charge in [-0.05, 0) is 51.4 Å². The lowest BCUT2D eigenvalue weighted by molar-refractivity contribution is -0.135. The zero-order valence-corrected chi connectivity index (χ0v) is 16.3. The van der Waals surface area contributed by atoms with Gasteiger partial charge in [0.1, 0.15) is 12.3 Å². The maximum absolute atomic E-state index is 13.0. The van der Waals surface area contributed by atoms with Gasteiger partial charge in [-0.15, -0.1) is 12.4 Å². The van der Waals surface area contributed by atoms with Crippen molar-refractivity contribution >= 4 is 29.9 Å². The molecule has 7 heteroatoms. The number of nitrogens with one attached hydrogen (secondary N) is 1. The van der Waals surface area contributed by atoms with E-state index in [1.165, 1.54) is 0 Å². The van der Waals surface area contributed by atoms with E-state index in [0.717, 1.165) is 38.9 Å². The first-order valence-corrected chi connectivity index (χ1v) is 9.19. The highest BCUT2D eigenvalue weighted by Gasteiger charge is 2.34. The fraction of sp³-hybridized carbons (Fsp3) is 0.579. The van der Waals surface area contributed by atoms with Crippen LogP contribution in [-0.4, -0.2) is 55.0 Å². The van der Waals surface area contributed by atoms with Crippen molar-refractivity contribution in [3.63, 3.8) is 0 Å². The zero-order chi connectivity index (χ0) is 17.8. The number of amides is 2. The molecule has 2 heterocycles. The third kappa shape index (κ3) is 4.30. The number of para-hydroxylation sites is 2. The Bertz CT molecular complexity index is 634. The van der Waals surface area contributed by atoms with E-state index in [-0.39, 0.29) is 36.8 Å². The fourth-order valence-electron chi connectivity index (χ4n) is 3.62. The third-order valence-corrected chi connectivity index (χ3v) is 4.90. The minimum Gasteiger partial charge on any atom is -0.479 e. The summed E-state index contributed by atoms with van der Waals surface area (Å²) in [5.74, 6) is 0.520. The molecule has 2 amide bonds. The summed E-state index contributed by atoms with van der Waals surface area (Å²) in [6.45, 7) is 6.50. The second-order valence-electron chi connectivity index (χ2n) is 6.72. The number of carbonyl (C=O) groups excluding carboxylic acids is 2. The summed E-state index contributed by atoms with van der Waals surface area (Å²) in [6.07, 6.45) is 2.28. The first kappa shape index (κ1) is 20.5. The van der Waals surface area contributed by atoms with Crippen LogP contribution in [-0.2, 0) is 9.59 Å². The smallest absolute Gasteiger partial charge is 0.268 e. The number of carbonyl (C=O) groups is 2. The van der Waals surface area contributed by atoms with Gasteiger partial charge in [-0.25, -0.2) is 0 Å². The summed E-state index contributed by atoms with van der Waals surface area (Å²) in [6, 6.07) is 7.67. The van der Waals surface area contributed by atoms with Gasteiger partial charge >= 0.3 is 0 Å². The highest BCUT2D eigenvalue weighted by atomic mass is 35.5. The number of benzene rings is 1. The highest BCUT2D eigenvalue weighted by molar-refractivity contribution is 6.03. The van der Waals surface area contributed by atoms with E-state index in [9.17, 15) is 9.59 Å². The molecule has 0 aliphatic carbocycles. The number of ether oxygens (including phenoxy) is 1. The third-order valence-electron chi connectivity index (χ3n) is 4.90. The van der Waals surface area contributed by atoms with Gasteiger partial charge < -0.3 is 15.0 Å². The number of fused-ring (bicyclic) bond motifs is 1. The molecule has 1 unspecified atom stereocenters. The monoisotopic (exact) mass is 381 g/mol. The molecule has 2 aliphatic rings. The Morgan fingerprint density at radius 2 is 2.00 bits per heavy atom. The van der Waals surface area contributed by atoms with E-state index >= 15 is 0 Å². The normalized spacial score (nSPS) is 20.0. The summed E-state index contributed by atoms with van der Waals surface area (Å²) < 4.78 is 5.66. The number of piperidine rings is 1. The molecule has 1 atom stereocenters. The molecule has 1 aromatic rings. The average Bonchev–Trinajstić information content (AvgIpc) is 2.64.